The molecule has 2 nitrogen and oxygen atoms in total. The molecule has 1 N–H and O–H groups in total. The molecule has 20 heavy (non-hydrogen) atoms. The van der Waals surface area contributed by atoms with Crippen molar-refractivity contribution in [2.45, 2.75) is 19.9 Å². The lowest BCUT2D eigenvalue weighted by Gasteiger charge is -2.32. The Bertz CT molecular complexity index is 626. The molecule has 0 bridgehead atoms. The molecule has 2 atom stereocenters. The maximum atomic E-state index is 13.3. The number of nitrogens with one attached hydrogen (secondary N) is 1. The molecule has 0 aliphatic carbocycles. The van der Waals surface area contributed by atoms with E-state index < -0.39 is 0 Å². The Morgan fingerprint density at radius 1 is 1.20 bits per heavy atom. The molecule has 0 amide bonds. The van der Waals surface area contributed by atoms with E-state index in [4.69, 9.17) is 4.74 Å². The quantitative estimate of drug-likeness (QED) is 0.878. The minimum atomic E-state index is -0.170. The first kappa shape index (κ1) is 13.0. The Labute approximate surface area is 118 Å². The van der Waals surface area contributed by atoms with E-state index in [-0.39, 0.29) is 11.9 Å². The molecule has 2 aromatic rings. The van der Waals surface area contributed by atoms with Gasteiger partial charge in [-0.25, -0.2) is 4.39 Å². The molecule has 3 rings (SSSR count). The smallest absolute Gasteiger partial charge is 0.126 e. The molecule has 0 saturated heterocycles. The Hall–Kier alpha value is -2.03. The van der Waals surface area contributed by atoms with Crippen LogP contribution in [0.15, 0.2) is 42.5 Å². The van der Waals surface area contributed by atoms with Crippen molar-refractivity contribution in [2.24, 2.45) is 5.92 Å². The van der Waals surface area contributed by atoms with Gasteiger partial charge in [-0.1, -0.05) is 25.1 Å². The Kier molecular flexibility index (Phi) is 3.35. The molecule has 1 heterocycles. The summed E-state index contributed by atoms with van der Waals surface area (Å²) in [5, 5.41) is 3.51. The van der Waals surface area contributed by atoms with Crippen LogP contribution in [0.2, 0.25) is 0 Å². The van der Waals surface area contributed by atoms with Crippen LogP contribution in [0.5, 0.6) is 5.75 Å². The second-order valence-electron chi connectivity index (χ2n) is 5.41. The Balaban J connectivity index is 1.91. The maximum Gasteiger partial charge on any atom is 0.126 e. The van der Waals surface area contributed by atoms with E-state index in [1.807, 2.05) is 24.3 Å². The number of rotatable bonds is 2. The zero-order valence-electron chi connectivity index (χ0n) is 11.7. The minimum absolute atomic E-state index is 0.170. The summed E-state index contributed by atoms with van der Waals surface area (Å²) in [4.78, 5) is 0. The molecule has 3 heteroatoms. The molecule has 0 spiro atoms. The van der Waals surface area contributed by atoms with Gasteiger partial charge in [0.2, 0.25) is 0 Å². The standard InChI is InChI=1S/C17H18FNO/c1-11-9-13(7-8-15(11)18)19-17-12(2)10-20-16-6-4-3-5-14(16)17/h3-9,12,17,19H,10H2,1-2H3. The van der Waals surface area contributed by atoms with Crippen LogP contribution < -0.4 is 10.1 Å². The highest BCUT2D eigenvalue weighted by atomic mass is 19.1. The Morgan fingerprint density at radius 3 is 2.80 bits per heavy atom. The zero-order chi connectivity index (χ0) is 14.1. The predicted octanol–water partition coefficient (Wildman–Crippen LogP) is 4.32. The summed E-state index contributed by atoms with van der Waals surface area (Å²) in [6.07, 6.45) is 0. The molecule has 0 aromatic heterocycles. The van der Waals surface area contributed by atoms with Crippen molar-refractivity contribution in [3.63, 3.8) is 0 Å². The van der Waals surface area contributed by atoms with E-state index in [0.29, 0.717) is 18.1 Å². The van der Waals surface area contributed by atoms with Crippen molar-refractivity contribution in [2.75, 3.05) is 11.9 Å². The summed E-state index contributed by atoms with van der Waals surface area (Å²) in [6.45, 7) is 4.63. The number of hydrogen-bond acceptors (Lipinski definition) is 2. The van der Waals surface area contributed by atoms with E-state index in [2.05, 4.69) is 18.3 Å². The molecular weight excluding hydrogens is 253 g/mol. The van der Waals surface area contributed by atoms with Gasteiger partial charge in [-0.2, -0.15) is 0 Å². The van der Waals surface area contributed by atoms with Crippen molar-refractivity contribution in [3.05, 3.63) is 59.4 Å². The van der Waals surface area contributed by atoms with Crippen LogP contribution in [-0.4, -0.2) is 6.61 Å². The molecular formula is C17H18FNO. The summed E-state index contributed by atoms with van der Waals surface area (Å²) in [7, 11) is 0. The SMILES string of the molecule is Cc1cc(NC2c3ccccc3OCC2C)ccc1F. The number of para-hydroxylation sites is 1. The second kappa shape index (κ2) is 5.16. The van der Waals surface area contributed by atoms with Crippen LogP contribution in [0, 0.1) is 18.7 Å². The molecule has 1 aliphatic heterocycles. The van der Waals surface area contributed by atoms with Crippen molar-refractivity contribution in [3.8, 4) is 5.75 Å². The number of ether oxygens (including phenoxy) is 1. The summed E-state index contributed by atoms with van der Waals surface area (Å²) < 4.78 is 19.1. The molecule has 2 unspecified atom stereocenters. The second-order valence-corrected chi connectivity index (χ2v) is 5.41. The third-order valence-electron chi connectivity index (χ3n) is 3.80. The van der Waals surface area contributed by atoms with Gasteiger partial charge in [0.15, 0.2) is 0 Å². The fraction of sp³-hybridized carbons (Fsp3) is 0.294. The van der Waals surface area contributed by atoms with Crippen LogP contribution in [-0.2, 0) is 0 Å². The third-order valence-corrected chi connectivity index (χ3v) is 3.80. The molecule has 0 fully saturated rings. The van der Waals surface area contributed by atoms with E-state index in [1.165, 1.54) is 6.07 Å². The third kappa shape index (κ3) is 2.36. The molecule has 104 valence electrons. The van der Waals surface area contributed by atoms with Gasteiger partial charge < -0.3 is 10.1 Å². The molecule has 0 saturated carbocycles. The zero-order valence-corrected chi connectivity index (χ0v) is 11.7. The van der Waals surface area contributed by atoms with Crippen LogP contribution >= 0.6 is 0 Å². The predicted molar refractivity (Wildman–Crippen MR) is 78.6 cm³/mol. The summed E-state index contributed by atoms with van der Waals surface area (Å²) in [5.74, 6) is 1.12. The first-order valence-electron chi connectivity index (χ1n) is 6.89. The van der Waals surface area contributed by atoms with Gasteiger partial charge in [0.1, 0.15) is 11.6 Å². The van der Waals surface area contributed by atoms with E-state index in [9.17, 15) is 4.39 Å². The largest absolute Gasteiger partial charge is 0.493 e. The highest BCUT2D eigenvalue weighted by molar-refractivity contribution is 5.50. The molecule has 0 radical (unpaired) electrons. The maximum absolute atomic E-state index is 13.3. The van der Waals surface area contributed by atoms with Gasteiger partial charge in [0, 0.05) is 17.2 Å². The monoisotopic (exact) mass is 271 g/mol. The lowest BCUT2D eigenvalue weighted by atomic mass is 9.91. The first-order chi connectivity index (χ1) is 9.65. The average Bonchev–Trinajstić information content (AvgIpc) is 2.46. The lowest BCUT2D eigenvalue weighted by Crippen LogP contribution is -2.28. The fourth-order valence-electron chi connectivity index (χ4n) is 2.63. The van der Waals surface area contributed by atoms with Crippen LogP contribution in [0.1, 0.15) is 24.1 Å². The van der Waals surface area contributed by atoms with Gasteiger partial charge in [-0.15, -0.1) is 0 Å². The van der Waals surface area contributed by atoms with Gasteiger partial charge in [0.25, 0.3) is 0 Å². The van der Waals surface area contributed by atoms with Gasteiger partial charge in [-0.05, 0) is 36.8 Å². The van der Waals surface area contributed by atoms with Crippen molar-refractivity contribution in [1.82, 2.24) is 0 Å². The van der Waals surface area contributed by atoms with E-state index in [1.54, 1.807) is 13.0 Å². The van der Waals surface area contributed by atoms with Crippen molar-refractivity contribution >= 4 is 5.69 Å². The topological polar surface area (TPSA) is 21.3 Å². The number of benzene rings is 2. The van der Waals surface area contributed by atoms with Crippen LogP contribution in [0.3, 0.4) is 0 Å². The lowest BCUT2D eigenvalue weighted by molar-refractivity contribution is 0.214. The number of hydrogen-bond donors (Lipinski definition) is 1. The van der Waals surface area contributed by atoms with E-state index >= 15 is 0 Å². The van der Waals surface area contributed by atoms with Crippen molar-refractivity contribution in [1.29, 1.82) is 0 Å². The van der Waals surface area contributed by atoms with E-state index in [0.717, 1.165) is 17.0 Å². The first-order valence-corrected chi connectivity index (χ1v) is 6.89. The Morgan fingerprint density at radius 2 is 2.00 bits per heavy atom. The normalized spacial score (nSPS) is 20.9. The van der Waals surface area contributed by atoms with Gasteiger partial charge in [0.05, 0.1) is 12.6 Å². The summed E-state index contributed by atoms with van der Waals surface area (Å²) >= 11 is 0. The van der Waals surface area contributed by atoms with Crippen molar-refractivity contribution < 1.29 is 9.13 Å². The average molecular weight is 271 g/mol. The molecule has 2 aromatic carbocycles. The fourth-order valence-corrected chi connectivity index (χ4v) is 2.63. The number of aryl methyl sites for hydroxylation is 1. The minimum Gasteiger partial charge on any atom is -0.493 e. The highest BCUT2D eigenvalue weighted by Gasteiger charge is 2.27. The number of anilines is 1. The van der Waals surface area contributed by atoms with Gasteiger partial charge >= 0.3 is 0 Å². The number of fused-ring (bicyclic) bond motifs is 1. The van der Waals surface area contributed by atoms with Gasteiger partial charge in [-0.3, -0.25) is 0 Å². The van der Waals surface area contributed by atoms with Crippen LogP contribution in [0.25, 0.3) is 0 Å². The number of halogens is 1. The summed E-state index contributed by atoms with van der Waals surface area (Å²) in [5.41, 5.74) is 2.76. The molecule has 1 aliphatic rings. The highest BCUT2D eigenvalue weighted by Crippen LogP contribution is 2.37. The van der Waals surface area contributed by atoms with Crippen LogP contribution in [0.4, 0.5) is 10.1 Å². The summed E-state index contributed by atoms with van der Waals surface area (Å²) in [6, 6.07) is 13.4.